The van der Waals surface area contributed by atoms with Crippen LogP contribution >= 0.6 is 22.9 Å². The molecule has 2 aliphatic heterocycles. The molecular formula is C29H33ClF2N6OS. The number of nitrogens with zero attached hydrogens (tertiary/aromatic N) is 5. The van der Waals surface area contributed by atoms with E-state index in [4.69, 9.17) is 27.1 Å². The van der Waals surface area contributed by atoms with E-state index < -0.39 is 11.6 Å². The Labute approximate surface area is 241 Å². The molecule has 2 N–H and O–H groups in total. The minimum atomic E-state index is -0.621. The van der Waals surface area contributed by atoms with Crippen LogP contribution in [0.25, 0.3) is 32.2 Å². The Balaban J connectivity index is 1.52. The van der Waals surface area contributed by atoms with Crippen molar-refractivity contribution in [3.05, 3.63) is 34.9 Å². The third kappa shape index (κ3) is 5.05. The third-order valence-corrected chi connectivity index (χ3v) is 9.41. The number of anilines is 2. The molecule has 6 rings (SSSR count). The highest BCUT2D eigenvalue weighted by Gasteiger charge is 2.28. The minimum absolute atomic E-state index is 0.105. The summed E-state index contributed by atoms with van der Waals surface area (Å²) >= 11 is 7.81. The molecule has 2 fully saturated rings. The maximum absolute atomic E-state index is 16.6. The van der Waals surface area contributed by atoms with Gasteiger partial charge < -0.3 is 20.3 Å². The van der Waals surface area contributed by atoms with E-state index >= 15 is 4.39 Å². The molecule has 11 heteroatoms. The van der Waals surface area contributed by atoms with E-state index in [0.717, 1.165) is 56.7 Å². The van der Waals surface area contributed by atoms with Gasteiger partial charge in [0.25, 0.3) is 0 Å². The van der Waals surface area contributed by atoms with E-state index in [9.17, 15) is 4.39 Å². The van der Waals surface area contributed by atoms with Crippen molar-refractivity contribution in [2.24, 2.45) is 11.8 Å². The van der Waals surface area contributed by atoms with Crippen molar-refractivity contribution in [3.63, 3.8) is 0 Å². The van der Waals surface area contributed by atoms with E-state index in [0.29, 0.717) is 35.2 Å². The lowest BCUT2D eigenvalue weighted by Gasteiger charge is -2.27. The molecule has 3 atom stereocenters. The number of ether oxygens (including phenoxy) is 1. The number of rotatable bonds is 5. The van der Waals surface area contributed by atoms with Gasteiger partial charge in [-0.15, -0.1) is 0 Å². The number of nitrogens with two attached hydrogens (primary N) is 1. The Kier molecular flexibility index (Phi) is 7.43. The standard InChI is InChI=1S/C29H33ClF2N6OS/c1-15-6-7-16(2)13-38(12-15)27-19-11-20(30)22(18-8-9-21(31)26-25(18)34-28(33)40-26)23(32)24(19)35-29(36-27)39-14-17-5-4-10-37(17)3/h8-9,11,15-17H,4-7,10,12-14H2,1-3H3,(H2,33,34)/t15?,16?,17-/m0/s1. The number of likely N-dealkylation sites (N-methyl/N-ethyl adjacent to an activating group) is 1. The van der Waals surface area contributed by atoms with Crippen LogP contribution in [0.15, 0.2) is 18.2 Å². The Bertz CT molecular complexity index is 1570. The van der Waals surface area contributed by atoms with Gasteiger partial charge in [-0.05, 0) is 69.3 Å². The van der Waals surface area contributed by atoms with Gasteiger partial charge in [0.1, 0.15) is 23.8 Å². The lowest BCUT2D eigenvalue weighted by atomic mass is 10.0. The molecule has 0 saturated carbocycles. The second kappa shape index (κ2) is 10.9. The molecule has 2 saturated heterocycles. The first-order valence-corrected chi connectivity index (χ1v) is 15.0. The number of nitrogen functional groups attached to an aromatic ring is 1. The molecule has 0 bridgehead atoms. The third-order valence-electron chi connectivity index (χ3n) is 8.22. The summed E-state index contributed by atoms with van der Waals surface area (Å²) in [6.07, 6.45) is 4.38. The van der Waals surface area contributed by atoms with Gasteiger partial charge in [0.2, 0.25) is 0 Å². The summed E-state index contributed by atoms with van der Waals surface area (Å²) in [6.45, 7) is 7.48. The molecule has 4 heterocycles. The van der Waals surface area contributed by atoms with Gasteiger partial charge in [-0.3, -0.25) is 0 Å². The van der Waals surface area contributed by atoms with Crippen molar-refractivity contribution in [3.8, 4) is 17.1 Å². The number of halogens is 3. The van der Waals surface area contributed by atoms with Crippen LogP contribution < -0.4 is 15.4 Å². The predicted octanol–water partition coefficient (Wildman–Crippen LogP) is 6.77. The van der Waals surface area contributed by atoms with E-state index in [1.807, 2.05) is 0 Å². The van der Waals surface area contributed by atoms with Crippen molar-refractivity contribution in [2.75, 3.05) is 43.9 Å². The van der Waals surface area contributed by atoms with Gasteiger partial charge in [0, 0.05) is 35.6 Å². The number of likely N-dealkylation sites (tertiary alicyclic amines) is 1. The van der Waals surface area contributed by atoms with Crippen molar-refractivity contribution in [1.82, 2.24) is 19.9 Å². The lowest BCUT2D eigenvalue weighted by Crippen LogP contribution is -2.32. The van der Waals surface area contributed by atoms with Gasteiger partial charge in [-0.25, -0.2) is 13.8 Å². The number of benzene rings is 2. The molecule has 40 heavy (non-hydrogen) atoms. The van der Waals surface area contributed by atoms with Crippen LogP contribution in [0.4, 0.5) is 19.7 Å². The zero-order chi connectivity index (χ0) is 28.1. The topological polar surface area (TPSA) is 80.4 Å². The van der Waals surface area contributed by atoms with Gasteiger partial charge in [-0.1, -0.05) is 36.8 Å². The highest BCUT2D eigenvalue weighted by molar-refractivity contribution is 7.22. The molecular weight excluding hydrogens is 554 g/mol. The molecule has 2 aromatic carbocycles. The fourth-order valence-electron chi connectivity index (χ4n) is 6.02. The van der Waals surface area contributed by atoms with Crippen LogP contribution in [0, 0.1) is 23.5 Å². The molecule has 0 aliphatic carbocycles. The van der Waals surface area contributed by atoms with Gasteiger partial charge >= 0.3 is 6.01 Å². The van der Waals surface area contributed by atoms with E-state index in [-0.39, 0.29) is 43.5 Å². The number of aromatic nitrogens is 3. The minimum Gasteiger partial charge on any atom is -0.462 e. The maximum atomic E-state index is 16.6. The predicted molar refractivity (Wildman–Crippen MR) is 158 cm³/mol. The normalized spacial score (nSPS) is 22.4. The summed E-state index contributed by atoms with van der Waals surface area (Å²) in [7, 11) is 2.08. The first kappa shape index (κ1) is 27.4. The van der Waals surface area contributed by atoms with Gasteiger partial charge in [-0.2, -0.15) is 9.97 Å². The Morgan fingerprint density at radius 2 is 1.82 bits per heavy atom. The molecule has 7 nitrogen and oxygen atoms in total. The van der Waals surface area contributed by atoms with Crippen molar-refractivity contribution < 1.29 is 13.5 Å². The summed E-state index contributed by atoms with van der Waals surface area (Å²) in [6, 6.07) is 4.88. The number of thiazole rings is 1. The van der Waals surface area contributed by atoms with E-state index in [1.165, 1.54) is 12.1 Å². The summed E-state index contributed by atoms with van der Waals surface area (Å²) in [5.74, 6) is 0.438. The van der Waals surface area contributed by atoms with E-state index in [2.05, 4.69) is 40.7 Å². The Morgan fingerprint density at radius 1 is 1.07 bits per heavy atom. The Hall–Kier alpha value is -2.82. The highest BCUT2D eigenvalue weighted by atomic mass is 35.5. The molecule has 0 radical (unpaired) electrons. The molecule has 212 valence electrons. The van der Waals surface area contributed by atoms with Crippen LogP contribution in [-0.4, -0.2) is 59.2 Å². The van der Waals surface area contributed by atoms with Crippen LogP contribution in [0.5, 0.6) is 6.01 Å². The molecule has 2 aliphatic rings. The summed E-state index contributed by atoms with van der Waals surface area (Å²) in [5, 5.41) is 0.890. The smallest absolute Gasteiger partial charge is 0.319 e. The van der Waals surface area contributed by atoms with Gasteiger partial charge in [0.15, 0.2) is 10.9 Å². The fraction of sp³-hybridized carbons (Fsp3) is 0.483. The second-order valence-corrected chi connectivity index (χ2v) is 12.8. The quantitative estimate of drug-likeness (QED) is 0.276. The molecule has 2 unspecified atom stereocenters. The van der Waals surface area contributed by atoms with Crippen LogP contribution in [0.3, 0.4) is 0 Å². The van der Waals surface area contributed by atoms with Crippen molar-refractivity contribution in [1.29, 1.82) is 0 Å². The summed E-state index contributed by atoms with van der Waals surface area (Å²) in [5.41, 5.74) is 6.75. The maximum Gasteiger partial charge on any atom is 0.319 e. The average molecular weight is 587 g/mol. The first-order chi connectivity index (χ1) is 19.2. The zero-order valence-corrected chi connectivity index (χ0v) is 24.5. The van der Waals surface area contributed by atoms with Crippen LogP contribution in [0.1, 0.15) is 39.5 Å². The molecule has 0 amide bonds. The average Bonchev–Trinajstić information content (AvgIpc) is 3.47. The van der Waals surface area contributed by atoms with Crippen molar-refractivity contribution in [2.45, 2.75) is 45.6 Å². The fourth-order valence-corrected chi connectivity index (χ4v) is 7.08. The Morgan fingerprint density at radius 3 is 2.52 bits per heavy atom. The summed E-state index contributed by atoms with van der Waals surface area (Å²) in [4.78, 5) is 18.2. The van der Waals surface area contributed by atoms with E-state index in [1.54, 1.807) is 6.07 Å². The van der Waals surface area contributed by atoms with Gasteiger partial charge in [0.05, 0.1) is 15.2 Å². The van der Waals surface area contributed by atoms with Crippen LogP contribution in [-0.2, 0) is 0 Å². The molecule has 4 aromatic rings. The number of hydrogen-bond donors (Lipinski definition) is 1. The monoisotopic (exact) mass is 586 g/mol. The SMILES string of the molecule is CC1CCC(C)CN(c2nc(OC[C@@H]3CCCN3C)nc3c(F)c(-c4ccc(F)c5sc(N)nc45)c(Cl)cc23)C1. The zero-order valence-electron chi connectivity index (χ0n) is 22.9. The lowest BCUT2D eigenvalue weighted by molar-refractivity contribution is 0.188. The second-order valence-electron chi connectivity index (χ2n) is 11.4. The molecule has 2 aromatic heterocycles. The van der Waals surface area contributed by atoms with Crippen LogP contribution in [0.2, 0.25) is 5.02 Å². The number of hydrogen-bond acceptors (Lipinski definition) is 8. The largest absolute Gasteiger partial charge is 0.462 e. The number of fused-ring (bicyclic) bond motifs is 2. The summed E-state index contributed by atoms with van der Waals surface area (Å²) < 4.78 is 37.5. The first-order valence-electron chi connectivity index (χ1n) is 13.8. The molecule has 0 spiro atoms. The highest BCUT2D eigenvalue weighted by Crippen LogP contribution is 2.43. The van der Waals surface area contributed by atoms with Crippen molar-refractivity contribution >= 4 is 55.0 Å².